The first-order chi connectivity index (χ1) is 17.5. The number of aromatic amines is 1. The van der Waals surface area contributed by atoms with Crippen LogP contribution in [-0.4, -0.2) is 34.0 Å². The minimum atomic E-state index is -0.0129. The van der Waals surface area contributed by atoms with Crippen LogP contribution in [0.15, 0.2) is 60.9 Å². The predicted molar refractivity (Wildman–Crippen MR) is 141 cm³/mol. The Labute approximate surface area is 212 Å². The average molecular weight is 484 g/mol. The Bertz CT molecular complexity index is 1360. The number of methoxy groups -OCH3 is 1. The highest BCUT2D eigenvalue weighted by Gasteiger charge is 2.21. The standard InChI is InChI=1S/C30H33N3O3/c1-20-21(2)32-27-10-9-24(17-26(20)27)30(34)33(18-22-12-14-31-15-13-22)19-23-8-11-28(35-3)29(16-23)36-25-6-4-5-7-25/h8-17,25,32H,4-7,18-19H2,1-3H3. The van der Waals surface area contributed by atoms with Crippen LogP contribution in [0.5, 0.6) is 11.5 Å². The highest BCUT2D eigenvalue weighted by molar-refractivity contribution is 5.99. The van der Waals surface area contributed by atoms with Gasteiger partial charge in [-0.3, -0.25) is 9.78 Å². The number of ether oxygens (including phenoxy) is 2. The first-order valence-corrected chi connectivity index (χ1v) is 12.6. The number of carbonyl (C=O) groups is 1. The Balaban J connectivity index is 1.45. The molecule has 0 aliphatic heterocycles. The van der Waals surface area contributed by atoms with Crippen LogP contribution in [0.2, 0.25) is 0 Å². The second kappa shape index (κ2) is 10.4. The molecule has 2 aromatic heterocycles. The van der Waals surface area contributed by atoms with E-state index in [1.165, 1.54) is 18.4 Å². The largest absolute Gasteiger partial charge is 0.493 e. The summed E-state index contributed by atoms with van der Waals surface area (Å²) in [4.78, 5) is 23.2. The van der Waals surface area contributed by atoms with Gasteiger partial charge in [-0.05, 0) is 98.7 Å². The number of aromatic nitrogens is 2. The summed E-state index contributed by atoms with van der Waals surface area (Å²) in [6, 6.07) is 15.8. The van der Waals surface area contributed by atoms with Crippen LogP contribution in [-0.2, 0) is 13.1 Å². The normalized spacial score (nSPS) is 13.8. The van der Waals surface area contributed by atoms with Crippen molar-refractivity contribution in [2.75, 3.05) is 7.11 Å². The van der Waals surface area contributed by atoms with Crippen LogP contribution in [0.25, 0.3) is 10.9 Å². The second-order valence-corrected chi connectivity index (χ2v) is 9.66. The monoisotopic (exact) mass is 483 g/mol. The van der Waals surface area contributed by atoms with Gasteiger partial charge < -0.3 is 19.4 Å². The average Bonchev–Trinajstić information content (AvgIpc) is 3.51. The molecular formula is C30H33N3O3. The molecule has 6 heteroatoms. The predicted octanol–water partition coefficient (Wildman–Crippen LogP) is 6.35. The molecule has 0 spiro atoms. The van der Waals surface area contributed by atoms with Gasteiger partial charge in [0.1, 0.15) is 0 Å². The van der Waals surface area contributed by atoms with Crippen LogP contribution in [0, 0.1) is 13.8 Å². The van der Waals surface area contributed by atoms with Crippen LogP contribution in [0.1, 0.15) is 58.4 Å². The Kier molecular flexibility index (Phi) is 6.94. The van der Waals surface area contributed by atoms with Gasteiger partial charge in [0, 0.05) is 47.6 Å². The number of nitrogens with zero attached hydrogens (tertiary/aromatic N) is 2. The van der Waals surface area contributed by atoms with E-state index in [1.54, 1.807) is 19.5 Å². The van der Waals surface area contributed by atoms with Crippen molar-refractivity contribution >= 4 is 16.8 Å². The fourth-order valence-corrected chi connectivity index (χ4v) is 5.00. The van der Waals surface area contributed by atoms with E-state index in [2.05, 4.69) is 23.8 Å². The number of H-pyrrole nitrogens is 1. The maximum absolute atomic E-state index is 13.8. The lowest BCUT2D eigenvalue weighted by atomic mass is 10.1. The number of carbonyl (C=O) groups excluding carboxylic acids is 1. The Morgan fingerprint density at radius 1 is 0.972 bits per heavy atom. The molecule has 186 valence electrons. The highest BCUT2D eigenvalue weighted by Crippen LogP contribution is 2.33. The zero-order valence-electron chi connectivity index (χ0n) is 21.2. The molecule has 1 amide bonds. The van der Waals surface area contributed by atoms with E-state index < -0.39 is 0 Å². The van der Waals surface area contributed by atoms with Crippen molar-refractivity contribution in [2.45, 2.75) is 58.7 Å². The van der Waals surface area contributed by atoms with Gasteiger partial charge in [0.15, 0.2) is 11.5 Å². The van der Waals surface area contributed by atoms with Gasteiger partial charge in [0.25, 0.3) is 5.91 Å². The summed E-state index contributed by atoms with van der Waals surface area (Å²) < 4.78 is 11.9. The number of hydrogen-bond donors (Lipinski definition) is 1. The van der Waals surface area contributed by atoms with Crippen LogP contribution < -0.4 is 9.47 Å². The maximum atomic E-state index is 13.8. The molecular weight excluding hydrogens is 450 g/mol. The third kappa shape index (κ3) is 5.08. The lowest BCUT2D eigenvalue weighted by Gasteiger charge is -2.24. The van der Waals surface area contributed by atoms with E-state index >= 15 is 0 Å². The van der Waals surface area contributed by atoms with E-state index in [9.17, 15) is 4.79 Å². The fourth-order valence-electron chi connectivity index (χ4n) is 5.00. The van der Waals surface area contributed by atoms with Gasteiger partial charge in [0.2, 0.25) is 0 Å². The SMILES string of the molecule is COc1ccc(CN(Cc2ccncc2)C(=O)c2ccc3[nH]c(C)c(C)c3c2)cc1OC1CCCC1. The van der Waals surface area contributed by atoms with E-state index in [-0.39, 0.29) is 12.0 Å². The van der Waals surface area contributed by atoms with Crippen LogP contribution in [0.4, 0.5) is 0 Å². The number of rotatable bonds is 8. The molecule has 2 aromatic carbocycles. The molecule has 6 nitrogen and oxygen atoms in total. The van der Waals surface area contributed by atoms with Gasteiger partial charge in [-0.2, -0.15) is 0 Å². The van der Waals surface area contributed by atoms with E-state index in [1.807, 2.05) is 53.4 Å². The van der Waals surface area contributed by atoms with Crippen LogP contribution >= 0.6 is 0 Å². The van der Waals surface area contributed by atoms with Crippen molar-refractivity contribution in [1.29, 1.82) is 0 Å². The van der Waals surface area contributed by atoms with Gasteiger partial charge in [-0.1, -0.05) is 6.07 Å². The summed E-state index contributed by atoms with van der Waals surface area (Å²) in [5.41, 5.74) is 6.05. The van der Waals surface area contributed by atoms with Gasteiger partial charge in [0.05, 0.1) is 13.2 Å². The quantitative estimate of drug-likeness (QED) is 0.317. The third-order valence-corrected chi connectivity index (χ3v) is 7.16. The molecule has 1 aliphatic carbocycles. The van der Waals surface area contributed by atoms with Crippen LogP contribution in [0.3, 0.4) is 0 Å². The molecule has 1 N–H and O–H groups in total. The molecule has 36 heavy (non-hydrogen) atoms. The Morgan fingerprint density at radius 2 is 1.72 bits per heavy atom. The smallest absolute Gasteiger partial charge is 0.254 e. The summed E-state index contributed by atoms with van der Waals surface area (Å²) >= 11 is 0. The van der Waals surface area contributed by atoms with Crippen molar-refractivity contribution in [2.24, 2.45) is 0 Å². The number of benzene rings is 2. The van der Waals surface area contributed by atoms with E-state index in [0.29, 0.717) is 18.7 Å². The molecule has 0 saturated heterocycles. The minimum absolute atomic E-state index is 0.0129. The first kappa shape index (κ1) is 23.9. The maximum Gasteiger partial charge on any atom is 0.254 e. The molecule has 2 heterocycles. The number of amides is 1. The molecule has 0 radical (unpaired) electrons. The summed E-state index contributed by atoms with van der Waals surface area (Å²) in [7, 11) is 1.66. The van der Waals surface area contributed by atoms with Crippen molar-refractivity contribution in [1.82, 2.24) is 14.9 Å². The zero-order valence-corrected chi connectivity index (χ0v) is 21.2. The van der Waals surface area contributed by atoms with Gasteiger partial charge >= 0.3 is 0 Å². The number of nitrogens with one attached hydrogen (secondary N) is 1. The molecule has 0 unspecified atom stereocenters. The van der Waals surface area contributed by atoms with E-state index in [4.69, 9.17) is 9.47 Å². The number of hydrogen-bond acceptors (Lipinski definition) is 4. The summed E-state index contributed by atoms with van der Waals surface area (Å²) in [5, 5.41) is 1.08. The zero-order chi connectivity index (χ0) is 25.1. The third-order valence-electron chi connectivity index (χ3n) is 7.16. The van der Waals surface area contributed by atoms with Crippen molar-refractivity contribution in [3.05, 3.63) is 88.9 Å². The second-order valence-electron chi connectivity index (χ2n) is 9.66. The number of pyridine rings is 1. The first-order valence-electron chi connectivity index (χ1n) is 12.6. The van der Waals surface area contributed by atoms with Gasteiger partial charge in [-0.15, -0.1) is 0 Å². The Morgan fingerprint density at radius 3 is 2.47 bits per heavy atom. The molecule has 0 atom stereocenters. The lowest BCUT2D eigenvalue weighted by molar-refractivity contribution is 0.0729. The topological polar surface area (TPSA) is 67.5 Å². The van der Waals surface area contributed by atoms with E-state index in [0.717, 1.165) is 52.1 Å². The van der Waals surface area contributed by atoms with Crippen molar-refractivity contribution in [3.8, 4) is 11.5 Å². The lowest BCUT2D eigenvalue weighted by Crippen LogP contribution is -2.30. The summed E-state index contributed by atoms with van der Waals surface area (Å²) in [5.74, 6) is 1.46. The number of fused-ring (bicyclic) bond motifs is 1. The molecule has 1 saturated carbocycles. The summed E-state index contributed by atoms with van der Waals surface area (Å²) in [6.45, 7) is 5.08. The Hall–Kier alpha value is -3.80. The molecule has 4 aromatic rings. The number of aryl methyl sites for hydroxylation is 2. The highest BCUT2D eigenvalue weighted by atomic mass is 16.5. The van der Waals surface area contributed by atoms with Crippen molar-refractivity contribution < 1.29 is 14.3 Å². The minimum Gasteiger partial charge on any atom is -0.493 e. The fraction of sp³-hybridized carbons (Fsp3) is 0.333. The molecule has 0 bridgehead atoms. The van der Waals surface area contributed by atoms with Gasteiger partial charge in [-0.25, -0.2) is 0 Å². The molecule has 1 aliphatic rings. The molecule has 5 rings (SSSR count). The summed E-state index contributed by atoms with van der Waals surface area (Å²) in [6.07, 6.45) is 8.29. The van der Waals surface area contributed by atoms with Crippen molar-refractivity contribution in [3.63, 3.8) is 0 Å². The molecule has 1 fully saturated rings.